The van der Waals surface area contributed by atoms with E-state index in [1.807, 2.05) is 0 Å². The van der Waals surface area contributed by atoms with Gasteiger partial charge in [0.1, 0.15) is 9.84 Å². The smallest absolute Gasteiger partial charge is 0.150 e. The van der Waals surface area contributed by atoms with Gasteiger partial charge in [0.05, 0.1) is 5.75 Å². The molecule has 3 nitrogen and oxygen atoms in total. The van der Waals surface area contributed by atoms with E-state index in [1.165, 1.54) is 0 Å². The van der Waals surface area contributed by atoms with Crippen LogP contribution in [0, 0.1) is 5.92 Å². The van der Waals surface area contributed by atoms with E-state index >= 15 is 0 Å². The first-order valence-electron chi connectivity index (χ1n) is 6.35. The lowest BCUT2D eigenvalue weighted by Crippen LogP contribution is -2.28. The van der Waals surface area contributed by atoms with Gasteiger partial charge >= 0.3 is 0 Å². The zero-order valence-electron chi connectivity index (χ0n) is 11.1. The first kappa shape index (κ1) is 15.9. The molecule has 0 amide bonds. The van der Waals surface area contributed by atoms with Crippen LogP contribution >= 0.6 is 0 Å². The molecule has 0 saturated carbocycles. The summed E-state index contributed by atoms with van der Waals surface area (Å²) in [6, 6.07) is 0.485. The number of sulfone groups is 1. The van der Waals surface area contributed by atoms with Crippen molar-refractivity contribution in [2.75, 3.05) is 18.1 Å². The normalized spacial score (nSPS) is 16.0. The summed E-state index contributed by atoms with van der Waals surface area (Å²) < 4.78 is 22.7. The Bertz CT molecular complexity index is 262. The molecule has 0 saturated heterocycles. The summed E-state index contributed by atoms with van der Waals surface area (Å²) >= 11 is 0. The van der Waals surface area contributed by atoms with Gasteiger partial charge in [-0.3, -0.25) is 0 Å². The van der Waals surface area contributed by atoms with E-state index in [1.54, 1.807) is 6.92 Å². The average molecular weight is 249 g/mol. The van der Waals surface area contributed by atoms with Gasteiger partial charge < -0.3 is 5.32 Å². The second kappa shape index (κ2) is 8.07. The molecule has 0 heterocycles. The Labute approximate surface area is 101 Å². The molecule has 0 aromatic heterocycles. The van der Waals surface area contributed by atoms with Crippen LogP contribution in [0.15, 0.2) is 0 Å². The van der Waals surface area contributed by atoms with E-state index in [-0.39, 0.29) is 5.75 Å². The Morgan fingerprint density at radius 3 is 2.31 bits per heavy atom. The lowest BCUT2D eigenvalue weighted by molar-refractivity contribution is 0.413. The minimum Gasteiger partial charge on any atom is -0.314 e. The van der Waals surface area contributed by atoms with Crippen molar-refractivity contribution in [1.82, 2.24) is 5.32 Å². The Morgan fingerprint density at radius 1 is 1.19 bits per heavy atom. The molecule has 0 aromatic carbocycles. The predicted molar refractivity (Wildman–Crippen MR) is 70.5 cm³/mol. The molecule has 0 bridgehead atoms. The zero-order chi connectivity index (χ0) is 12.6. The second-order valence-electron chi connectivity index (χ2n) is 4.72. The quantitative estimate of drug-likeness (QED) is 0.681. The molecule has 98 valence electrons. The maximum absolute atomic E-state index is 11.3. The minimum atomic E-state index is -2.79. The summed E-state index contributed by atoms with van der Waals surface area (Å²) in [5, 5.41) is 3.42. The Morgan fingerprint density at radius 2 is 1.81 bits per heavy atom. The van der Waals surface area contributed by atoms with E-state index in [9.17, 15) is 8.42 Å². The van der Waals surface area contributed by atoms with Crippen LogP contribution in [-0.2, 0) is 9.84 Å². The van der Waals surface area contributed by atoms with Crippen LogP contribution in [-0.4, -0.2) is 32.5 Å². The van der Waals surface area contributed by atoms with Crippen molar-refractivity contribution in [3.63, 3.8) is 0 Å². The molecule has 2 unspecified atom stereocenters. The summed E-state index contributed by atoms with van der Waals surface area (Å²) in [4.78, 5) is 0. The summed E-state index contributed by atoms with van der Waals surface area (Å²) in [5.41, 5.74) is 0. The van der Waals surface area contributed by atoms with Crippen molar-refractivity contribution in [1.29, 1.82) is 0 Å². The molecule has 0 aliphatic carbocycles. The SMILES string of the molecule is CCCNC(C)CC(C)CCS(=O)(=O)CC. The summed E-state index contributed by atoms with van der Waals surface area (Å²) in [6.45, 7) is 9.21. The summed E-state index contributed by atoms with van der Waals surface area (Å²) in [6.07, 6.45) is 2.98. The Hall–Kier alpha value is -0.0900. The molecule has 4 heteroatoms. The maximum Gasteiger partial charge on any atom is 0.150 e. The van der Waals surface area contributed by atoms with Crippen molar-refractivity contribution in [3.05, 3.63) is 0 Å². The van der Waals surface area contributed by atoms with Gasteiger partial charge in [-0.25, -0.2) is 8.42 Å². The molecule has 0 rings (SSSR count). The average Bonchev–Trinajstić information content (AvgIpc) is 2.24. The van der Waals surface area contributed by atoms with Gasteiger partial charge in [-0.2, -0.15) is 0 Å². The topological polar surface area (TPSA) is 46.2 Å². The molecular weight excluding hydrogens is 222 g/mol. The second-order valence-corrected chi connectivity index (χ2v) is 7.19. The van der Waals surface area contributed by atoms with Crippen molar-refractivity contribution < 1.29 is 8.42 Å². The predicted octanol–water partition coefficient (Wildman–Crippen LogP) is 2.23. The van der Waals surface area contributed by atoms with Crippen LogP contribution in [0.4, 0.5) is 0 Å². The van der Waals surface area contributed by atoms with Crippen LogP contribution in [0.1, 0.15) is 47.0 Å². The molecular formula is C12H27NO2S. The third-order valence-corrected chi connectivity index (χ3v) is 4.60. The first-order valence-corrected chi connectivity index (χ1v) is 8.17. The number of nitrogens with one attached hydrogen (secondary N) is 1. The van der Waals surface area contributed by atoms with Crippen molar-refractivity contribution in [2.45, 2.75) is 53.0 Å². The van der Waals surface area contributed by atoms with E-state index in [0.29, 0.717) is 17.7 Å². The highest BCUT2D eigenvalue weighted by atomic mass is 32.2. The third-order valence-electron chi connectivity index (χ3n) is 2.86. The molecule has 0 aromatic rings. The zero-order valence-corrected chi connectivity index (χ0v) is 11.9. The third kappa shape index (κ3) is 8.11. The molecule has 0 aliphatic rings. The van der Waals surface area contributed by atoms with Crippen LogP contribution < -0.4 is 5.32 Å². The number of rotatable bonds is 9. The highest BCUT2D eigenvalue weighted by Gasteiger charge is 2.12. The van der Waals surface area contributed by atoms with Gasteiger partial charge in [0.25, 0.3) is 0 Å². The first-order chi connectivity index (χ1) is 7.41. The fourth-order valence-corrected chi connectivity index (χ4v) is 2.77. The van der Waals surface area contributed by atoms with Gasteiger partial charge in [0.15, 0.2) is 0 Å². The molecule has 16 heavy (non-hydrogen) atoms. The highest BCUT2D eigenvalue weighted by molar-refractivity contribution is 7.91. The minimum absolute atomic E-state index is 0.267. The van der Waals surface area contributed by atoms with Crippen molar-refractivity contribution in [3.8, 4) is 0 Å². The van der Waals surface area contributed by atoms with Gasteiger partial charge in [-0.05, 0) is 38.6 Å². The monoisotopic (exact) mass is 249 g/mol. The van der Waals surface area contributed by atoms with Gasteiger partial charge in [-0.15, -0.1) is 0 Å². The lowest BCUT2D eigenvalue weighted by Gasteiger charge is -2.18. The van der Waals surface area contributed by atoms with E-state index in [4.69, 9.17) is 0 Å². The number of hydrogen-bond acceptors (Lipinski definition) is 3. The molecule has 0 aliphatic heterocycles. The number of hydrogen-bond donors (Lipinski definition) is 1. The Balaban J connectivity index is 3.77. The highest BCUT2D eigenvalue weighted by Crippen LogP contribution is 2.12. The molecule has 1 N–H and O–H groups in total. The van der Waals surface area contributed by atoms with E-state index < -0.39 is 9.84 Å². The van der Waals surface area contributed by atoms with Crippen LogP contribution in [0.3, 0.4) is 0 Å². The van der Waals surface area contributed by atoms with E-state index in [2.05, 4.69) is 26.1 Å². The fraction of sp³-hybridized carbons (Fsp3) is 1.00. The summed E-state index contributed by atoms with van der Waals surface area (Å²) in [7, 11) is -2.79. The lowest BCUT2D eigenvalue weighted by atomic mass is 10.0. The van der Waals surface area contributed by atoms with Crippen molar-refractivity contribution in [2.24, 2.45) is 5.92 Å². The molecule has 0 radical (unpaired) electrons. The van der Waals surface area contributed by atoms with Crippen LogP contribution in [0.2, 0.25) is 0 Å². The molecule has 2 atom stereocenters. The van der Waals surface area contributed by atoms with Gasteiger partial charge in [0.2, 0.25) is 0 Å². The van der Waals surface area contributed by atoms with Crippen LogP contribution in [0.5, 0.6) is 0 Å². The maximum atomic E-state index is 11.3. The van der Waals surface area contributed by atoms with Gasteiger partial charge in [-0.1, -0.05) is 20.8 Å². The van der Waals surface area contributed by atoms with Gasteiger partial charge in [0, 0.05) is 11.8 Å². The summed E-state index contributed by atoms with van der Waals surface area (Å²) in [5.74, 6) is 1.08. The molecule has 0 spiro atoms. The van der Waals surface area contributed by atoms with E-state index in [0.717, 1.165) is 25.8 Å². The fourth-order valence-electron chi connectivity index (χ4n) is 1.72. The Kier molecular flexibility index (Phi) is 8.02. The van der Waals surface area contributed by atoms with Crippen molar-refractivity contribution >= 4 is 9.84 Å². The van der Waals surface area contributed by atoms with Crippen LogP contribution in [0.25, 0.3) is 0 Å². The molecule has 0 fully saturated rings. The standard InChI is InChI=1S/C12H27NO2S/c1-5-8-13-12(4)10-11(3)7-9-16(14,15)6-2/h11-13H,5-10H2,1-4H3. The largest absolute Gasteiger partial charge is 0.314 e.